The molecule has 0 spiro atoms. The summed E-state index contributed by atoms with van der Waals surface area (Å²) in [6.45, 7) is 6.80. The summed E-state index contributed by atoms with van der Waals surface area (Å²) in [7, 11) is 0. The highest BCUT2D eigenvalue weighted by molar-refractivity contribution is 6.08. The molecule has 2 nitrogen and oxygen atoms in total. The van der Waals surface area contributed by atoms with E-state index in [4.69, 9.17) is 4.42 Å². The maximum Gasteiger partial charge on any atom is 0.139 e. The lowest BCUT2D eigenvalue weighted by Crippen LogP contribution is -2.12. The summed E-state index contributed by atoms with van der Waals surface area (Å²) < 4.78 is 6.69. The molecule has 278 valence electrons. The van der Waals surface area contributed by atoms with Gasteiger partial charge in [0.25, 0.3) is 0 Å². The maximum absolute atomic E-state index is 6.69. The molecule has 0 bridgehead atoms. The summed E-state index contributed by atoms with van der Waals surface area (Å²) in [5, 5.41) is 6.12. The predicted molar refractivity (Wildman–Crippen MR) is 246 cm³/mol. The molecule has 9 aromatic carbocycles. The largest absolute Gasteiger partial charge is 0.456 e. The van der Waals surface area contributed by atoms with E-state index in [9.17, 15) is 0 Å². The van der Waals surface area contributed by atoms with Crippen molar-refractivity contribution in [3.63, 3.8) is 0 Å². The highest BCUT2D eigenvalue weighted by atomic mass is 16.3. The highest BCUT2D eigenvalue weighted by Crippen LogP contribution is 2.45. The second kappa shape index (κ2) is 14.4. The molecule has 0 saturated carbocycles. The minimum atomic E-state index is -0.119. The Balaban J connectivity index is 1.11. The van der Waals surface area contributed by atoms with Crippen LogP contribution in [0.5, 0.6) is 0 Å². The topological polar surface area (TPSA) is 16.4 Å². The van der Waals surface area contributed by atoms with Gasteiger partial charge in [-0.05, 0) is 103 Å². The van der Waals surface area contributed by atoms with Gasteiger partial charge >= 0.3 is 0 Å². The van der Waals surface area contributed by atoms with Gasteiger partial charge in [0.2, 0.25) is 0 Å². The van der Waals surface area contributed by atoms with Crippen LogP contribution in [0.15, 0.2) is 211 Å². The number of nitrogens with zero attached hydrogens (tertiary/aromatic N) is 1. The van der Waals surface area contributed by atoms with Gasteiger partial charge in [0.15, 0.2) is 0 Å². The number of hydrogen-bond acceptors (Lipinski definition) is 2. The first kappa shape index (κ1) is 35.3. The zero-order chi connectivity index (χ0) is 39.2. The van der Waals surface area contributed by atoms with Crippen molar-refractivity contribution in [2.24, 2.45) is 0 Å². The summed E-state index contributed by atoms with van der Waals surface area (Å²) in [6, 6.07) is 74.3. The average Bonchev–Trinajstić information content (AvgIpc) is 3.68. The van der Waals surface area contributed by atoms with E-state index in [-0.39, 0.29) is 5.41 Å². The van der Waals surface area contributed by atoms with Crippen LogP contribution in [0.4, 0.5) is 17.1 Å². The van der Waals surface area contributed by atoms with Crippen molar-refractivity contribution < 1.29 is 4.42 Å². The van der Waals surface area contributed by atoms with Gasteiger partial charge < -0.3 is 9.32 Å². The van der Waals surface area contributed by atoms with Crippen molar-refractivity contribution >= 4 is 49.6 Å². The van der Waals surface area contributed by atoms with Crippen LogP contribution in [0.2, 0.25) is 0 Å². The van der Waals surface area contributed by atoms with E-state index in [1.165, 1.54) is 54.9 Å². The third-order valence-electron chi connectivity index (χ3n) is 11.4. The Morgan fingerprint density at radius 2 is 0.897 bits per heavy atom. The minimum absolute atomic E-state index is 0.119. The lowest BCUT2D eigenvalue weighted by molar-refractivity contribution is 0.568. The normalized spacial score (nSPS) is 11.7. The van der Waals surface area contributed by atoms with Gasteiger partial charge in [-0.25, -0.2) is 0 Å². The first-order valence-corrected chi connectivity index (χ1v) is 20.1. The van der Waals surface area contributed by atoms with E-state index < -0.39 is 0 Å². The summed E-state index contributed by atoms with van der Waals surface area (Å²) in [5.41, 5.74) is 13.5. The number of para-hydroxylation sites is 1. The Morgan fingerprint density at radius 1 is 0.362 bits per heavy atom. The SMILES string of the molecule is CC(C)(C)c1c(-c2cccc(N(c3ccc(-c4ccccc4-c4ccccc4-c4ccccc4)cc3)c3ccc4c(ccc5ccccc54)c3)c2)oc2ccccc12. The molecule has 0 unspecified atom stereocenters. The Hall–Kier alpha value is -7.16. The molecule has 10 aromatic rings. The first-order valence-electron chi connectivity index (χ1n) is 20.1. The molecule has 0 atom stereocenters. The average molecular weight is 746 g/mol. The highest BCUT2D eigenvalue weighted by Gasteiger charge is 2.27. The van der Waals surface area contributed by atoms with Crippen LogP contribution in [0, 0.1) is 0 Å². The van der Waals surface area contributed by atoms with Crippen LogP contribution < -0.4 is 4.90 Å². The standard InChI is InChI=1S/C56H43NO/c1-56(2,3)54-52-26-13-14-27-53(52)58-55(54)42-19-15-20-44(37-42)57(45-34-35-49-41(36-45)29-28-39-18-7-8-21-46(39)49)43-32-30-40(31-33-43)48-23-10-12-25-51(48)50-24-11-9-22-47(50)38-16-5-4-6-17-38/h4-37H,1-3H3. The fourth-order valence-corrected chi connectivity index (χ4v) is 8.71. The lowest BCUT2D eigenvalue weighted by atomic mass is 9.83. The number of anilines is 3. The Kier molecular flexibility index (Phi) is 8.76. The molecule has 0 radical (unpaired) electrons. The van der Waals surface area contributed by atoms with Crippen LogP contribution in [-0.2, 0) is 5.41 Å². The molecule has 2 heteroatoms. The Bertz CT molecular complexity index is 3090. The molecular formula is C56H43NO. The maximum atomic E-state index is 6.69. The van der Waals surface area contributed by atoms with Crippen molar-refractivity contribution in [3.8, 4) is 44.7 Å². The first-order chi connectivity index (χ1) is 28.4. The van der Waals surface area contributed by atoms with Gasteiger partial charge in [-0.15, -0.1) is 0 Å². The molecule has 1 aromatic heterocycles. The number of fused-ring (bicyclic) bond motifs is 4. The molecule has 0 aliphatic rings. The molecule has 0 aliphatic carbocycles. The molecule has 0 saturated heterocycles. The number of benzene rings is 9. The molecule has 58 heavy (non-hydrogen) atoms. The molecule has 0 fully saturated rings. The van der Waals surface area contributed by atoms with Crippen molar-refractivity contribution in [3.05, 3.63) is 212 Å². The second-order valence-electron chi connectivity index (χ2n) is 16.1. The van der Waals surface area contributed by atoms with Gasteiger partial charge in [-0.2, -0.15) is 0 Å². The molecule has 0 amide bonds. The molecular weight excluding hydrogens is 703 g/mol. The summed E-state index contributed by atoms with van der Waals surface area (Å²) in [5.74, 6) is 0.920. The van der Waals surface area contributed by atoms with Gasteiger partial charge in [0.05, 0.1) is 0 Å². The van der Waals surface area contributed by atoms with Crippen LogP contribution in [0.3, 0.4) is 0 Å². The Labute approximate surface area is 340 Å². The molecule has 1 heterocycles. The van der Waals surface area contributed by atoms with Crippen LogP contribution in [-0.4, -0.2) is 0 Å². The van der Waals surface area contributed by atoms with E-state index in [1.807, 2.05) is 6.07 Å². The number of furan rings is 1. The van der Waals surface area contributed by atoms with Gasteiger partial charge in [0, 0.05) is 33.6 Å². The van der Waals surface area contributed by atoms with Crippen molar-refractivity contribution in [2.45, 2.75) is 26.2 Å². The van der Waals surface area contributed by atoms with Crippen molar-refractivity contribution in [1.29, 1.82) is 0 Å². The smallest absolute Gasteiger partial charge is 0.139 e. The monoisotopic (exact) mass is 745 g/mol. The molecule has 0 N–H and O–H groups in total. The summed E-state index contributed by atoms with van der Waals surface area (Å²) >= 11 is 0. The zero-order valence-corrected chi connectivity index (χ0v) is 33.0. The summed E-state index contributed by atoms with van der Waals surface area (Å²) in [6.07, 6.45) is 0. The molecule has 0 aliphatic heterocycles. The van der Waals surface area contributed by atoms with E-state index in [0.717, 1.165) is 44.9 Å². The van der Waals surface area contributed by atoms with Gasteiger partial charge in [0.1, 0.15) is 11.3 Å². The van der Waals surface area contributed by atoms with Gasteiger partial charge in [-0.3, -0.25) is 0 Å². The van der Waals surface area contributed by atoms with Crippen molar-refractivity contribution in [1.82, 2.24) is 0 Å². The van der Waals surface area contributed by atoms with Crippen LogP contribution in [0.25, 0.3) is 77.2 Å². The summed E-state index contributed by atoms with van der Waals surface area (Å²) in [4.78, 5) is 2.37. The second-order valence-corrected chi connectivity index (χ2v) is 16.1. The van der Waals surface area contributed by atoms with E-state index in [2.05, 4.69) is 226 Å². The van der Waals surface area contributed by atoms with Crippen molar-refractivity contribution in [2.75, 3.05) is 4.90 Å². The van der Waals surface area contributed by atoms with Gasteiger partial charge in [-0.1, -0.05) is 185 Å². The quantitative estimate of drug-likeness (QED) is 0.151. The zero-order valence-electron chi connectivity index (χ0n) is 33.0. The predicted octanol–water partition coefficient (Wildman–Crippen LogP) is 16.2. The lowest BCUT2D eigenvalue weighted by Gasteiger charge is -2.27. The third-order valence-corrected chi connectivity index (χ3v) is 11.4. The van der Waals surface area contributed by atoms with E-state index >= 15 is 0 Å². The number of hydrogen-bond donors (Lipinski definition) is 0. The third kappa shape index (κ3) is 6.33. The van der Waals surface area contributed by atoms with E-state index in [1.54, 1.807) is 0 Å². The Morgan fingerprint density at radius 3 is 1.62 bits per heavy atom. The fraction of sp³-hybridized carbons (Fsp3) is 0.0714. The fourth-order valence-electron chi connectivity index (χ4n) is 8.71. The van der Waals surface area contributed by atoms with Crippen LogP contribution >= 0.6 is 0 Å². The van der Waals surface area contributed by atoms with Crippen LogP contribution in [0.1, 0.15) is 26.3 Å². The molecule has 10 rings (SSSR count). The minimum Gasteiger partial charge on any atom is -0.456 e. The van der Waals surface area contributed by atoms with E-state index in [0.29, 0.717) is 0 Å². The number of rotatable bonds is 7.